The van der Waals surface area contributed by atoms with Crippen molar-refractivity contribution in [1.82, 2.24) is 46.6 Å². The van der Waals surface area contributed by atoms with Crippen molar-refractivity contribution in [1.29, 1.82) is 0 Å². The number of aromatic hydroxyl groups is 1. The molecule has 3 saturated heterocycles. The van der Waals surface area contributed by atoms with Crippen LogP contribution in [-0.2, 0) is 39.9 Å². The Bertz CT molecular complexity index is 3220. The summed E-state index contributed by atoms with van der Waals surface area (Å²) in [5, 5.41) is 125. The molecule has 1 aromatic heterocycles. The second-order valence-electron chi connectivity index (χ2n) is 23.7. The van der Waals surface area contributed by atoms with Gasteiger partial charge in [-0.05, 0) is 80.3 Å². The number of phenolic OH excluding ortho intramolecular Hbond substituents is 1. The number of aliphatic hydroxyl groups excluding tert-OH is 8. The second kappa shape index (κ2) is 37.4. The Morgan fingerprint density at radius 1 is 0.740 bits per heavy atom. The van der Waals surface area contributed by atoms with Crippen LogP contribution in [0.25, 0.3) is 26.5 Å². The number of fused-ring (bicyclic) bond motifs is 2. The van der Waals surface area contributed by atoms with Gasteiger partial charge in [-0.2, -0.15) is 0 Å². The molecule has 1 unspecified atom stereocenters. The molecule has 0 aliphatic carbocycles. The Kier molecular flexibility index (Phi) is 30.8. The fraction of sp³-hybridized carbons (Fsp3) is 0.557. The fourth-order valence-electron chi connectivity index (χ4n) is 11.1. The number of carbonyl (C=O) groups excluding carboxylic acids is 7. The van der Waals surface area contributed by atoms with Gasteiger partial charge in [-0.25, -0.2) is 0 Å². The van der Waals surface area contributed by atoms with Gasteiger partial charge < -0.3 is 101 Å². The van der Waals surface area contributed by atoms with Crippen LogP contribution in [0.5, 0.6) is 17.2 Å². The maximum Gasteiger partial charge on any atom is 0.266 e. The van der Waals surface area contributed by atoms with Crippen molar-refractivity contribution in [2.45, 2.75) is 151 Å². The molecular weight excluding hydrogens is 1520 g/mol. The third-order valence-electron chi connectivity index (χ3n) is 16.3. The fourth-order valence-corrected chi connectivity index (χ4v) is 12.3. The molecule has 3 aromatic carbocycles. The molecule has 1 radical (unpaired) electrons. The maximum absolute atomic E-state index is 14.9. The summed E-state index contributed by atoms with van der Waals surface area (Å²) in [6.07, 6.45) is -8.02. The predicted molar refractivity (Wildman–Crippen MR) is 341 cm³/mol. The number of hydrogen-bond acceptors (Lipinski definition) is 25. The van der Waals surface area contributed by atoms with E-state index in [2.05, 4.69) is 46.3 Å². The van der Waals surface area contributed by atoms with Crippen molar-refractivity contribution in [3.63, 3.8) is 0 Å². The van der Waals surface area contributed by atoms with Crippen LogP contribution in [0.4, 0.5) is 0 Å². The smallest absolute Gasteiger partial charge is 0.266 e. The summed E-state index contributed by atoms with van der Waals surface area (Å²) < 4.78 is 44.4. The first kappa shape index (κ1) is 79.2. The van der Waals surface area contributed by atoms with Gasteiger partial charge in [-0.3, -0.25) is 47.2 Å². The molecule has 96 heavy (non-hydrogen) atoms. The molecule has 3 fully saturated rings. The zero-order chi connectivity index (χ0) is 69.3. The maximum atomic E-state index is 14.9. The molecule has 32 nitrogen and oxygen atoms in total. The van der Waals surface area contributed by atoms with Gasteiger partial charge in [0.2, 0.25) is 35.4 Å². The molecule has 0 spiro atoms. The van der Waals surface area contributed by atoms with E-state index in [4.69, 9.17) is 9.47 Å². The van der Waals surface area contributed by atoms with Crippen LogP contribution in [0, 0.1) is 50.0 Å². The van der Waals surface area contributed by atoms with Crippen molar-refractivity contribution < 1.29 is 151 Å². The molecule has 7 rings (SSSR count). The predicted octanol–water partition coefficient (Wildman–Crippen LogP) is -0.864. The number of β-amino-alcohol motifs (C(OH)–C–C–N with tert-alkyl or cyclic N) is 1. The summed E-state index contributed by atoms with van der Waals surface area (Å²) in [5.41, 5.74) is 1.28. The minimum atomic E-state index is -4.75. The molecule has 0 saturated carbocycles. The van der Waals surface area contributed by atoms with Crippen LogP contribution in [0.2, 0.25) is 0 Å². The summed E-state index contributed by atoms with van der Waals surface area (Å²) in [4.78, 5) is 104. The van der Waals surface area contributed by atoms with E-state index in [1.807, 2.05) is 24.3 Å². The topological polar surface area (TPSA) is 496 Å². The number of aliphatic hydroxyl groups is 8. The first-order valence-electron chi connectivity index (χ1n) is 31.0. The summed E-state index contributed by atoms with van der Waals surface area (Å²) >= 11 is -3.46. The largest absolute Gasteiger partial charge is 0.656 e. The molecule has 3 aliphatic rings. The number of benzene rings is 3. The minimum absolute atomic E-state index is 0. The van der Waals surface area contributed by atoms with Gasteiger partial charge >= 0.3 is 0 Å². The van der Waals surface area contributed by atoms with Gasteiger partial charge in [0.1, 0.15) is 52.0 Å². The number of hydrogen-bond donors (Lipinski definition) is 17. The Balaban J connectivity index is 0.0000146. The van der Waals surface area contributed by atoms with Crippen LogP contribution >= 0.6 is 22.5 Å². The first-order chi connectivity index (χ1) is 45.2. The van der Waals surface area contributed by atoms with Gasteiger partial charge in [-0.15, -0.1) is 16.7 Å². The number of aromatic nitrogens is 2. The zero-order valence-corrected chi connectivity index (χ0v) is 59.4. The van der Waals surface area contributed by atoms with Gasteiger partial charge in [0.05, 0.1) is 43.2 Å². The van der Waals surface area contributed by atoms with Crippen LogP contribution in [0.3, 0.4) is 0 Å². The van der Waals surface area contributed by atoms with Crippen molar-refractivity contribution >= 4 is 63.8 Å². The third-order valence-corrected chi connectivity index (χ3v) is 17.8. The average Bonchev–Trinajstić information content (AvgIpc) is 1.62. The van der Waals surface area contributed by atoms with Crippen molar-refractivity contribution in [3.05, 3.63) is 83.2 Å². The Morgan fingerprint density at radius 3 is 1.97 bits per heavy atom. The molecule has 4 aromatic rings. The minimum Gasteiger partial charge on any atom is -0.656 e. The van der Waals surface area contributed by atoms with E-state index in [1.165, 1.54) is 30.4 Å². The molecule has 527 valence electrons. The van der Waals surface area contributed by atoms with Crippen LogP contribution < -0.4 is 35.5 Å². The number of carbonyl (C=O) groups is 7. The molecule has 17 N–H and O–H groups in total. The number of nitrogens with zero attached hydrogens (tertiary/aromatic N) is 5. The van der Waals surface area contributed by atoms with E-state index in [9.17, 15) is 93.2 Å². The van der Waals surface area contributed by atoms with Gasteiger partial charge in [0.15, 0.2) is 11.5 Å². The molecule has 35 heteroatoms. The monoisotopic (exact) mass is 1600 g/mol. The molecule has 13 atom stereocenters. The third kappa shape index (κ3) is 22.1. The van der Waals surface area contributed by atoms with Crippen molar-refractivity contribution in [2.24, 2.45) is 5.92 Å². The van der Waals surface area contributed by atoms with Gasteiger partial charge in [-0.1, -0.05) is 61.8 Å². The second-order valence-corrected chi connectivity index (χ2v) is 25.8. The summed E-state index contributed by atoms with van der Waals surface area (Å²) in [7, 11) is 1.69. The van der Waals surface area contributed by atoms with E-state index < -0.39 is 207 Å². The first-order valence-corrected chi connectivity index (χ1v) is 33.2. The zero-order valence-electron chi connectivity index (χ0n) is 53.0. The Labute approximate surface area is 594 Å². The number of amides is 7. The number of unbranched alkanes of at least 4 members (excludes halogenated alkanes) is 4. The Hall–Kier alpha value is -5.82. The van der Waals surface area contributed by atoms with Gasteiger partial charge in [0, 0.05) is 132 Å². The van der Waals surface area contributed by atoms with E-state index in [0.717, 1.165) is 79.2 Å². The van der Waals surface area contributed by atoms with E-state index in [-0.39, 0.29) is 61.7 Å². The van der Waals surface area contributed by atoms with Crippen LogP contribution in [0.15, 0.2) is 66.7 Å². The van der Waals surface area contributed by atoms with E-state index >= 15 is 0 Å². The van der Waals surface area contributed by atoms with Crippen LogP contribution in [0.1, 0.15) is 81.1 Å². The number of nitrogens with one attached hydrogen (secondary N) is 5. The van der Waals surface area contributed by atoms with E-state index in [1.54, 1.807) is 19.2 Å². The quantitative estimate of drug-likeness (QED) is 0.0340. The molecule has 0 bridgehead atoms. The molecule has 4 heterocycles. The summed E-state index contributed by atoms with van der Waals surface area (Å²) in [6.45, 7) is 0.577. The van der Waals surface area contributed by atoms with Crippen molar-refractivity contribution in [2.75, 3.05) is 59.7 Å². The average molecular weight is 1600 g/mol. The number of rotatable bonds is 26. The molecular formula is C61H85AcN10O22S2-. The SMILES string of the molecule is COCCCCCCCOc1ccc(-c2nnc(-c3ccc(C(=O)NC4C[C@@H](O)CNC(=O)[C@@H]5[C@@H](O)[C@@H](C)CN5C(=O)[C@H]([C@H](O)CC[N-]C(CO)CO)NC(=O)[C@H]([C@H](O)Cc5ccc(O)c(OS(O)(O)O)c5)NC(=O)[C@@H]5C[C@@H](O)CN5C(=O)[C@H]([C@@H](C)O)NC4=O)cc3)s2)cc1.[Ac]. The number of methoxy groups -OCH3 is 1. The molecule has 7 amide bonds. The molecule has 3 aliphatic heterocycles. The van der Waals surface area contributed by atoms with Gasteiger partial charge in [0.25, 0.3) is 17.1 Å². The normalized spacial score (nSPS) is 24.4. The summed E-state index contributed by atoms with van der Waals surface area (Å²) in [6, 6.07) is 3.74. The Morgan fingerprint density at radius 2 is 1.34 bits per heavy atom. The standard InChI is InChI=1S/C61H85N10O22S2.Ac/c1-32-28-71-51(52(32)80)57(85)63-27-39(75)25-42(64-53(81)35-10-12-36(13-11-35)58-68-69-59(94-58)37-14-16-41(17-15-37)92-22-8-6-4-5-7-21-91-3)54(82)65-48(33(2)74)60(86)70-29-40(76)26-43(70)55(83)66-49(46(79)23-34-9-18-44(77)47(24-34)93-95(88,89)90)56(84)67-50(61(71)87)45(78)19-20-62-38(30-72)31-73;/h9-18,24,32-33,38-40,42-43,45-46,48-52,72-80,88-90H,4-8,19-23,25-31H2,1-3H3,(H,63,85)(H,64,81)(H,65,82)(H,66,83)(H,67,84);/q-1;/t32-,33+,39+,40+,42?,43-,45+,46+,48-,49-,50-,51-,52-;/m0./s1. The number of ether oxygens (including phenoxy) is 2. The van der Waals surface area contributed by atoms with E-state index in [0.29, 0.717) is 27.9 Å². The summed E-state index contributed by atoms with van der Waals surface area (Å²) in [5.74, 6) is -9.87. The van der Waals surface area contributed by atoms with Crippen LogP contribution in [-0.4, -0.2) is 260 Å². The van der Waals surface area contributed by atoms with Crippen molar-refractivity contribution in [3.8, 4) is 38.4 Å². The number of phenols is 1.